The van der Waals surface area contributed by atoms with E-state index in [9.17, 15) is 4.79 Å². The van der Waals surface area contributed by atoms with Crippen molar-refractivity contribution < 1.29 is 9.47 Å². The first-order valence-electron chi connectivity index (χ1n) is 11.5. The van der Waals surface area contributed by atoms with Crippen LogP contribution in [-0.2, 0) is 0 Å². The fraction of sp³-hybridized carbons (Fsp3) is 0.423. The maximum Gasteiger partial charge on any atom is 0.282 e. The summed E-state index contributed by atoms with van der Waals surface area (Å²) in [5, 5.41) is 5.10. The summed E-state index contributed by atoms with van der Waals surface area (Å²) in [4.78, 5) is 18.2. The molecular formula is C26H30Br3N3O3. The molecule has 35 heavy (non-hydrogen) atoms. The molecule has 3 rings (SSSR count). The van der Waals surface area contributed by atoms with Gasteiger partial charge in [0.25, 0.3) is 5.56 Å². The number of halogens is 3. The number of ether oxygens (including phenoxy) is 2. The van der Waals surface area contributed by atoms with Gasteiger partial charge in [0.15, 0.2) is 11.5 Å². The van der Waals surface area contributed by atoms with E-state index in [1.54, 1.807) is 12.3 Å². The first-order valence-corrected chi connectivity index (χ1v) is 13.9. The van der Waals surface area contributed by atoms with E-state index < -0.39 is 0 Å². The lowest BCUT2D eigenvalue weighted by Gasteiger charge is -2.22. The van der Waals surface area contributed by atoms with Crippen LogP contribution in [0.3, 0.4) is 0 Å². The maximum atomic E-state index is 13.4. The van der Waals surface area contributed by atoms with Crippen LogP contribution < -0.4 is 15.0 Å². The molecule has 0 bridgehead atoms. The second-order valence-corrected chi connectivity index (χ2v) is 12.0. The van der Waals surface area contributed by atoms with Gasteiger partial charge in [-0.25, -0.2) is 4.98 Å². The Bertz CT molecular complexity index is 1310. The number of nitrogens with zero attached hydrogens (tertiary/aromatic N) is 3. The lowest BCUT2D eigenvalue weighted by molar-refractivity contribution is 0.187. The van der Waals surface area contributed by atoms with Gasteiger partial charge in [-0.1, -0.05) is 50.5 Å². The van der Waals surface area contributed by atoms with Crippen LogP contribution in [0, 0.1) is 5.41 Å². The smallest absolute Gasteiger partial charge is 0.282 e. The summed E-state index contributed by atoms with van der Waals surface area (Å²) in [5.74, 6) is 1.90. The lowest BCUT2D eigenvalue weighted by Crippen LogP contribution is -2.23. The molecule has 0 aliphatic carbocycles. The monoisotopic (exact) mass is 669 g/mol. The molecule has 0 unspecified atom stereocenters. The summed E-state index contributed by atoms with van der Waals surface area (Å²) in [6, 6.07) is 7.37. The SMILES string of the molecule is CCOc1cc(C=Nn2c([C@@H](C)CC)nc3ccc(Br)cc3c2=O)c(Br)c(Br)c1OCC(C)(C)C. The van der Waals surface area contributed by atoms with Gasteiger partial charge in [0, 0.05) is 20.4 Å². The highest BCUT2D eigenvalue weighted by Crippen LogP contribution is 2.43. The van der Waals surface area contributed by atoms with E-state index in [0.717, 1.165) is 25.4 Å². The quantitative estimate of drug-likeness (QED) is 0.229. The summed E-state index contributed by atoms with van der Waals surface area (Å²) < 4.78 is 15.7. The molecule has 0 amide bonds. The van der Waals surface area contributed by atoms with Crippen LogP contribution >= 0.6 is 47.8 Å². The van der Waals surface area contributed by atoms with Gasteiger partial charge in [0.05, 0.1) is 34.8 Å². The third kappa shape index (κ3) is 6.54. The molecule has 0 saturated heterocycles. The van der Waals surface area contributed by atoms with Crippen LogP contribution in [0.15, 0.2) is 47.6 Å². The van der Waals surface area contributed by atoms with E-state index in [4.69, 9.17) is 14.5 Å². The van der Waals surface area contributed by atoms with Crippen LogP contribution in [0.25, 0.3) is 10.9 Å². The predicted octanol–water partition coefficient (Wildman–Crippen LogP) is 7.90. The zero-order valence-electron chi connectivity index (χ0n) is 20.8. The highest BCUT2D eigenvalue weighted by atomic mass is 79.9. The van der Waals surface area contributed by atoms with Crippen LogP contribution in [0.2, 0.25) is 0 Å². The molecular weight excluding hydrogens is 642 g/mol. The number of benzene rings is 2. The second-order valence-electron chi connectivity index (χ2n) is 9.51. The summed E-state index contributed by atoms with van der Waals surface area (Å²) in [6.45, 7) is 13.4. The van der Waals surface area contributed by atoms with Crippen molar-refractivity contribution in [3.8, 4) is 11.5 Å². The van der Waals surface area contributed by atoms with Crippen LogP contribution in [-0.4, -0.2) is 29.1 Å². The fourth-order valence-electron chi connectivity index (χ4n) is 3.28. The van der Waals surface area contributed by atoms with E-state index in [2.05, 4.69) is 80.6 Å². The second kappa shape index (κ2) is 11.6. The number of hydrogen-bond acceptors (Lipinski definition) is 5. The number of aromatic nitrogens is 2. The first kappa shape index (κ1) is 27.9. The van der Waals surface area contributed by atoms with Crippen molar-refractivity contribution in [2.75, 3.05) is 13.2 Å². The van der Waals surface area contributed by atoms with Gasteiger partial charge in [-0.15, -0.1) is 0 Å². The van der Waals surface area contributed by atoms with Crippen molar-refractivity contribution >= 4 is 64.9 Å². The molecule has 0 aliphatic rings. The van der Waals surface area contributed by atoms with E-state index in [1.807, 2.05) is 32.0 Å². The summed E-state index contributed by atoms with van der Waals surface area (Å²) >= 11 is 10.8. The van der Waals surface area contributed by atoms with E-state index in [1.165, 1.54) is 4.68 Å². The molecule has 188 valence electrons. The van der Waals surface area contributed by atoms with Gasteiger partial charge in [-0.3, -0.25) is 4.79 Å². The highest BCUT2D eigenvalue weighted by Gasteiger charge is 2.21. The van der Waals surface area contributed by atoms with Crippen molar-refractivity contribution in [2.24, 2.45) is 10.5 Å². The molecule has 0 N–H and O–H groups in total. The van der Waals surface area contributed by atoms with Crippen molar-refractivity contribution in [2.45, 2.75) is 53.9 Å². The summed E-state index contributed by atoms with van der Waals surface area (Å²) in [7, 11) is 0. The number of rotatable bonds is 8. The van der Waals surface area contributed by atoms with E-state index >= 15 is 0 Å². The van der Waals surface area contributed by atoms with Gasteiger partial charge in [-0.2, -0.15) is 9.78 Å². The van der Waals surface area contributed by atoms with Crippen molar-refractivity contribution in [3.05, 3.63) is 59.4 Å². The normalized spacial score (nSPS) is 12.9. The standard InChI is InChI=1S/C26H30Br3N3O3/c1-7-15(3)24-31-19-10-9-17(27)12-18(19)25(33)32(24)30-13-16-11-20(34-8-2)23(22(29)21(16)28)35-14-26(4,5)6/h9-13,15H,7-8,14H2,1-6H3/t15-/m0/s1. The van der Waals surface area contributed by atoms with E-state index in [0.29, 0.717) is 41.4 Å². The van der Waals surface area contributed by atoms with Gasteiger partial charge in [0.1, 0.15) is 5.82 Å². The van der Waals surface area contributed by atoms with Gasteiger partial charge >= 0.3 is 0 Å². The maximum absolute atomic E-state index is 13.4. The molecule has 9 heteroatoms. The molecule has 0 fully saturated rings. The Morgan fingerprint density at radius 2 is 1.83 bits per heavy atom. The molecule has 3 aromatic rings. The average Bonchev–Trinajstić information content (AvgIpc) is 2.80. The summed E-state index contributed by atoms with van der Waals surface area (Å²) in [5.41, 5.74) is 1.16. The molecule has 0 radical (unpaired) electrons. The molecule has 0 spiro atoms. The molecule has 2 aromatic carbocycles. The topological polar surface area (TPSA) is 65.7 Å². The number of hydrogen-bond donors (Lipinski definition) is 0. The van der Waals surface area contributed by atoms with Crippen LogP contribution in [0.5, 0.6) is 11.5 Å². The minimum absolute atomic E-state index is 0.0128. The van der Waals surface area contributed by atoms with Gasteiger partial charge < -0.3 is 9.47 Å². The Hall–Kier alpha value is -1.71. The van der Waals surface area contributed by atoms with Crippen LogP contribution in [0.1, 0.15) is 65.3 Å². The molecule has 0 saturated carbocycles. The van der Waals surface area contributed by atoms with Gasteiger partial charge in [-0.05, 0) is 74.9 Å². The van der Waals surface area contributed by atoms with Gasteiger partial charge in [0.2, 0.25) is 0 Å². The fourth-order valence-corrected chi connectivity index (χ4v) is 4.58. The predicted molar refractivity (Wildman–Crippen MR) is 153 cm³/mol. The minimum atomic E-state index is -0.215. The molecule has 1 aromatic heterocycles. The van der Waals surface area contributed by atoms with Crippen LogP contribution in [0.4, 0.5) is 0 Å². The Morgan fingerprint density at radius 1 is 1.11 bits per heavy atom. The highest BCUT2D eigenvalue weighted by molar-refractivity contribution is 9.13. The number of fused-ring (bicyclic) bond motifs is 1. The molecule has 6 nitrogen and oxygen atoms in total. The largest absolute Gasteiger partial charge is 0.490 e. The zero-order valence-corrected chi connectivity index (χ0v) is 25.5. The van der Waals surface area contributed by atoms with Crippen molar-refractivity contribution in [1.82, 2.24) is 9.66 Å². The summed E-state index contributed by atoms with van der Waals surface area (Å²) in [6.07, 6.45) is 2.47. The Morgan fingerprint density at radius 3 is 2.46 bits per heavy atom. The Kier molecular flexibility index (Phi) is 9.21. The third-order valence-corrected chi connectivity index (χ3v) is 7.94. The molecule has 0 aliphatic heterocycles. The third-order valence-electron chi connectivity index (χ3n) is 5.30. The minimum Gasteiger partial charge on any atom is -0.490 e. The van der Waals surface area contributed by atoms with E-state index in [-0.39, 0.29) is 16.9 Å². The Balaban J connectivity index is 2.14. The zero-order chi connectivity index (χ0) is 25.9. The van der Waals surface area contributed by atoms with Crippen molar-refractivity contribution in [1.29, 1.82) is 0 Å². The Labute approximate surface area is 231 Å². The van der Waals surface area contributed by atoms with Crippen molar-refractivity contribution in [3.63, 3.8) is 0 Å². The average molecular weight is 672 g/mol. The molecule has 1 atom stereocenters. The molecule has 1 heterocycles. The lowest BCUT2D eigenvalue weighted by atomic mass is 9.99. The first-order chi connectivity index (χ1) is 16.5.